The molecule has 0 aliphatic heterocycles. The van der Waals surface area contributed by atoms with Crippen LogP contribution in [0.3, 0.4) is 0 Å². The van der Waals surface area contributed by atoms with Gasteiger partial charge in [0.05, 0.1) is 19.5 Å². The lowest BCUT2D eigenvalue weighted by molar-refractivity contribution is -0.137. The molecule has 0 spiro atoms. The quantitative estimate of drug-likeness (QED) is 0.454. The van der Waals surface area contributed by atoms with Crippen LogP contribution in [0.25, 0.3) is 0 Å². The Morgan fingerprint density at radius 3 is 2.17 bits per heavy atom. The van der Waals surface area contributed by atoms with Crippen molar-refractivity contribution in [1.82, 2.24) is 0 Å². The van der Waals surface area contributed by atoms with Crippen molar-refractivity contribution in [2.24, 2.45) is 0 Å². The second-order valence-corrected chi connectivity index (χ2v) is 7.02. The molecule has 0 saturated heterocycles. The van der Waals surface area contributed by atoms with E-state index in [-0.39, 0.29) is 30.0 Å². The van der Waals surface area contributed by atoms with Crippen molar-refractivity contribution in [3.05, 3.63) is 54.1 Å². The van der Waals surface area contributed by atoms with E-state index in [1.54, 1.807) is 48.5 Å². The van der Waals surface area contributed by atoms with Gasteiger partial charge in [-0.2, -0.15) is 0 Å². The number of methoxy groups -OCH3 is 1. The van der Waals surface area contributed by atoms with Crippen LogP contribution in [0.1, 0.15) is 23.7 Å². The van der Waals surface area contributed by atoms with Gasteiger partial charge in [0.25, 0.3) is 5.91 Å². The molecule has 2 aromatic carbocycles. The van der Waals surface area contributed by atoms with Gasteiger partial charge < -0.3 is 20.1 Å². The van der Waals surface area contributed by atoms with Gasteiger partial charge in [0.2, 0.25) is 5.91 Å². The predicted octanol–water partition coefficient (Wildman–Crippen LogP) is 3.57. The minimum absolute atomic E-state index is 0.158. The number of hydrogen-bond donors (Lipinski definition) is 2. The Morgan fingerprint density at radius 1 is 0.931 bits per heavy atom. The van der Waals surface area contributed by atoms with Crippen molar-refractivity contribution in [3.63, 3.8) is 0 Å². The highest BCUT2D eigenvalue weighted by Gasteiger charge is 2.08. The molecule has 7 nitrogen and oxygen atoms in total. The molecule has 2 aromatic rings. The number of ether oxygens (including phenoxy) is 2. The summed E-state index contributed by atoms with van der Waals surface area (Å²) in [6.07, 6.45) is 0.279. The molecule has 154 valence electrons. The summed E-state index contributed by atoms with van der Waals surface area (Å²) in [5.41, 5.74) is 1.75. The maximum atomic E-state index is 12.3. The molecule has 2 amide bonds. The highest BCUT2D eigenvalue weighted by atomic mass is 32.2. The zero-order chi connectivity index (χ0) is 21.1. The van der Waals surface area contributed by atoms with Crippen LogP contribution in [-0.2, 0) is 14.3 Å². The normalized spacial score (nSPS) is 10.1. The number of rotatable bonds is 10. The summed E-state index contributed by atoms with van der Waals surface area (Å²) in [6.45, 7) is 2.49. The Bertz CT molecular complexity index is 822. The molecule has 0 aliphatic carbocycles. The van der Waals surface area contributed by atoms with Gasteiger partial charge in [-0.15, -0.1) is 11.8 Å². The smallest absolute Gasteiger partial charge is 0.315 e. The van der Waals surface area contributed by atoms with Crippen molar-refractivity contribution in [1.29, 1.82) is 0 Å². The fourth-order valence-electron chi connectivity index (χ4n) is 2.31. The molecule has 0 aliphatic rings. The molecule has 8 heteroatoms. The number of carbonyl (C=O) groups excluding carboxylic acids is 3. The summed E-state index contributed by atoms with van der Waals surface area (Å²) in [4.78, 5) is 35.3. The van der Waals surface area contributed by atoms with Crippen LogP contribution in [0.5, 0.6) is 5.75 Å². The number of benzene rings is 2. The molecular formula is C21H24N2O5S. The van der Waals surface area contributed by atoms with Crippen LogP contribution in [0.2, 0.25) is 0 Å². The van der Waals surface area contributed by atoms with Gasteiger partial charge in [0.1, 0.15) is 5.75 Å². The molecule has 29 heavy (non-hydrogen) atoms. The van der Waals surface area contributed by atoms with Crippen LogP contribution >= 0.6 is 11.8 Å². The third-order valence-electron chi connectivity index (χ3n) is 3.78. The second kappa shape index (κ2) is 11.8. The Hall–Kier alpha value is -3.00. The molecule has 0 unspecified atom stereocenters. The average molecular weight is 416 g/mol. The largest absolute Gasteiger partial charge is 0.494 e. The number of thioether (sulfide) groups is 1. The number of nitrogens with one attached hydrogen (secondary N) is 2. The monoisotopic (exact) mass is 416 g/mol. The summed E-state index contributed by atoms with van der Waals surface area (Å²) >= 11 is 1.34. The van der Waals surface area contributed by atoms with E-state index in [1.165, 1.54) is 18.9 Å². The van der Waals surface area contributed by atoms with E-state index >= 15 is 0 Å². The van der Waals surface area contributed by atoms with Crippen molar-refractivity contribution >= 4 is 40.9 Å². The van der Waals surface area contributed by atoms with E-state index in [2.05, 4.69) is 15.4 Å². The number of hydrogen-bond acceptors (Lipinski definition) is 6. The van der Waals surface area contributed by atoms with E-state index < -0.39 is 0 Å². The predicted molar refractivity (Wildman–Crippen MR) is 115 cm³/mol. The highest BCUT2D eigenvalue weighted by Crippen LogP contribution is 2.17. The number of anilines is 2. The molecular weight excluding hydrogens is 392 g/mol. The van der Waals surface area contributed by atoms with Gasteiger partial charge in [-0.1, -0.05) is 0 Å². The van der Waals surface area contributed by atoms with E-state index in [4.69, 9.17) is 4.74 Å². The van der Waals surface area contributed by atoms with Gasteiger partial charge >= 0.3 is 5.97 Å². The minimum Gasteiger partial charge on any atom is -0.494 e. The Morgan fingerprint density at radius 2 is 1.55 bits per heavy atom. The van der Waals surface area contributed by atoms with E-state index in [1.807, 2.05) is 6.92 Å². The van der Waals surface area contributed by atoms with Crippen LogP contribution in [0, 0.1) is 0 Å². The summed E-state index contributed by atoms with van der Waals surface area (Å²) in [5.74, 6) is 0.773. The number of amides is 2. The van der Waals surface area contributed by atoms with Crippen molar-refractivity contribution < 1.29 is 23.9 Å². The first-order chi connectivity index (χ1) is 14.0. The zero-order valence-electron chi connectivity index (χ0n) is 16.4. The van der Waals surface area contributed by atoms with Crippen LogP contribution in [0.15, 0.2) is 48.5 Å². The lowest BCUT2D eigenvalue weighted by Gasteiger charge is -2.08. The van der Waals surface area contributed by atoms with Gasteiger partial charge in [0.15, 0.2) is 0 Å². The molecule has 0 fully saturated rings. The van der Waals surface area contributed by atoms with Crippen molar-refractivity contribution in [2.75, 3.05) is 35.9 Å². The van der Waals surface area contributed by atoms with Gasteiger partial charge in [-0.25, -0.2) is 0 Å². The summed E-state index contributed by atoms with van der Waals surface area (Å²) in [6, 6.07) is 13.8. The Kier molecular flexibility index (Phi) is 9.04. The lowest BCUT2D eigenvalue weighted by atomic mass is 10.2. The van der Waals surface area contributed by atoms with Crippen molar-refractivity contribution in [2.45, 2.75) is 13.3 Å². The SMILES string of the molecule is CCOc1ccc(NC(=O)c2ccc(NC(=O)CCSCC(=O)OC)cc2)cc1. The fourth-order valence-corrected chi connectivity index (χ4v) is 3.07. The number of esters is 1. The highest BCUT2D eigenvalue weighted by molar-refractivity contribution is 7.99. The third kappa shape index (κ3) is 7.87. The Labute approximate surface area is 174 Å². The van der Waals surface area contributed by atoms with Gasteiger partial charge in [-0.05, 0) is 55.5 Å². The first kappa shape index (κ1) is 22.3. The van der Waals surface area contributed by atoms with Gasteiger partial charge in [0, 0.05) is 29.1 Å². The standard InChI is InChI=1S/C21H24N2O5S/c1-3-28-18-10-8-17(9-11-18)23-21(26)15-4-6-16(7-5-15)22-19(24)12-13-29-14-20(25)27-2/h4-11H,3,12-14H2,1-2H3,(H,22,24)(H,23,26). The molecule has 0 saturated carbocycles. The molecule has 0 aromatic heterocycles. The van der Waals surface area contributed by atoms with E-state index in [9.17, 15) is 14.4 Å². The first-order valence-corrected chi connectivity index (χ1v) is 10.3. The van der Waals surface area contributed by atoms with Crippen LogP contribution < -0.4 is 15.4 Å². The molecule has 2 N–H and O–H groups in total. The zero-order valence-corrected chi connectivity index (χ0v) is 17.2. The number of carbonyl (C=O) groups is 3. The van der Waals surface area contributed by atoms with Gasteiger partial charge in [-0.3, -0.25) is 14.4 Å². The average Bonchev–Trinajstić information content (AvgIpc) is 2.73. The van der Waals surface area contributed by atoms with E-state index in [0.29, 0.717) is 29.3 Å². The third-order valence-corrected chi connectivity index (χ3v) is 4.71. The van der Waals surface area contributed by atoms with Crippen molar-refractivity contribution in [3.8, 4) is 5.75 Å². The minimum atomic E-state index is -0.311. The Balaban J connectivity index is 1.80. The van der Waals surface area contributed by atoms with E-state index in [0.717, 1.165) is 5.75 Å². The summed E-state index contributed by atoms with van der Waals surface area (Å²) in [5, 5.41) is 5.58. The topological polar surface area (TPSA) is 93.7 Å². The maximum absolute atomic E-state index is 12.3. The lowest BCUT2D eigenvalue weighted by Crippen LogP contribution is -2.14. The van der Waals surface area contributed by atoms with Crippen LogP contribution in [-0.4, -0.2) is 43.0 Å². The fraction of sp³-hybridized carbons (Fsp3) is 0.286. The molecule has 0 heterocycles. The maximum Gasteiger partial charge on any atom is 0.315 e. The molecule has 2 rings (SSSR count). The molecule has 0 bridgehead atoms. The molecule has 0 radical (unpaired) electrons. The second-order valence-electron chi connectivity index (χ2n) is 5.92. The molecule has 0 atom stereocenters. The summed E-state index contributed by atoms with van der Waals surface area (Å²) in [7, 11) is 1.33. The van der Waals surface area contributed by atoms with Crippen LogP contribution in [0.4, 0.5) is 11.4 Å². The first-order valence-electron chi connectivity index (χ1n) is 9.10. The summed E-state index contributed by atoms with van der Waals surface area (Å²) < 4.78 is 9.91.